The van der Waals surface area contributed by atoms with Crippen LogP contribution in [0.3, 0.4) is 0 Å². The van der Waals surface area contributed by atoms with Crippen LogP contribution >= 0.6 is 23.3 Å². The molecular weight excluding hydrogens is 272 g/mol. The third-order valence-corrected chi connectivity index (χ3v) is 5.07. The number of hydrogen-bond donors (Lipinski definition) is 1. The molecule has 3 aromatic carbocycles. The Bertz CT molecular complexity index is 839. The van der Waals surface area contributed by atoms with E-state index in [9.17, 15) is 0 Å². The van der Waals surface area contributed by atoms with E-state index >= 15 is 0 Å². The lowest BCUT2D eigenvalue weighted by atomic mass is 10.0. The molecule has 0 atom stereocenters. The first-order valence-corrected chi connectivity index (χ1v) is 7.65. The van der Waals surface area contributed by atoms with Gasteiger partial charge in [0.1, 0.15) is 0 Å². The summed E-state index contributed by atoms with van der Waals surface area (Å²) in [5, 5.41) is 10.7. The van der Waals surface area contributed by atoms with E-state index in [4.69, 9.17) is 5.14 Å². The Kier molecular flexibility index (Phi) is 2.48. The van der Waals surface area contributed by atoms with Gasteiger partial charge in [0.05, 0.1) is 10.2 Å². The van der Waals surface area contributed by atoms with Crippen molar-refractivity contribution in [1.29, 1.82) is 0 Å². The number of aromatic nitrogens is 1. The molecule has 19 heavy (non-hydrogen) atoms. The van der Waals surface area contributed by atoms with Gasteiger partial charge in [-0.2, -0.15) is 0 Å². The molecule has 0 spiro atoms. The van der Waals surface area contributed by atoms with Crippen molar-refractivity contribution in [2.24, 2.45) is 5.14 Å². The summed E-state index contributed by atoms with van der Waals surface area (Å²) in [7, 11) is 0. The second-order valence-corrected chi connectivity index (χ2v) is 6.25. The highest BCUT2D eigenvalue weighted by Gasteiger charge is 2.12. The molecule has 0 fully saturated rings. The van der Waals surface area contributed by atoms with Gasteiger partial charge in [-0.25, -0.2) is 4.98 Å². The van der Waals surface area contributed by atoms with Crippen molar-refractivity contribution in [3.05, 3.63) is 48.5 Å². The Morgan fingerprint density at radius 1 is 0.842 bits per heavy atom. The lowest BCUT2D eigenvalue weighted by Crippen LogP contribution is -1.80. The van der Waals surface area contributed by atoms with E-state index in [1.54, 1.807) is 11.3 Å². The van der Waals surface area contributed by atoms with Gasteiger partial charge in [-0.3, -0.25) is 5.14 Å². The normalized spacial score (nSPS) is 11.6. The van der Waals surface area contributed by atoms with Crippen LogP contribution in [0, 0.1) is 0 Å². The standard InChI is InChI=1S/C15H10N2S2/c16-19-15-17-13-11-7-3-1-5-9(11)10-6-2-4-8-12(10)14(13)18-15/h1-8H,16H2. The van der Waals surface area contributed by atoms with Crippen LogP contribution in [0.4, 0.5) is 0 Å². The number of benzene rings is 3. The van der Waals surface area contributed by atoms with Crippen LogP contribution < -0.4 is 5.14 Å². The maximum absolute atomic E-state index is 5.67. The van der Waals surface area contributed by atoms with Crippen LogP contribution in [0.5, 0.6) is 0 Å². The minimum atomic E-state index is 0.913. The molecule has 4 heteroatoms. The number of fused-ring (bicyclic) bond motifs is 6. The van der Waals surface area contributed by atoms with Crippen molar-refractivity contribution in [3.8, 4) is 0 Å². The third kappa shape index (κ3) is 1.57. The fourth-order valence-electron chi connectivity index (χ4n) is 2.56. The number of rotatable bonds is 1. The van der Waals surface area contributed by atoms with Crippen molar-refractivity contribution >= 4 is 55.0 Å². The van der Waals surface area contributed by atoms with E-state index in [1.807, 2.05) is 0 Å². The Labute approximate surface area is 118 Å². The molecule has 4 aromatic rings. The monoisotopic (exact) mass is 282 g/mol. The summed E-state index contributed by atoms with van der Waals surface area (Å²) in [5.41, 5.74) is 1.06. The summed E-state index contributed by atoms with van der Waals surface area (Å²) in [4.78, 5) is 4.67. The van der Waals surface area contributed by atoms with Crippen molar-refractivity contribution in [2.45, 2.75) is 4.34 Å². The summed E-state index contributed by atoms with van der Waals surface area (Å²) in [5.74, 6) is 0. The van der Waals surface area contributed by atoms with Crippen LogP contribution in [0.1, 0.15) is 0 Å². The maximum atomic E-state index is 5.67. The van der Waals surface area contributed by atoms with Crippen LogP contribution in [-0.4, -0.2) is 4.98 Å². The SMILES string of the molecule is NSc1nc2c3ccccc3c3ccccc3c2s1. The lowest BCUT2D eigenvalue weighted by molar-refractivity contribution is 1.31. The van der Waals surface area contributed by atoms with Crippen LogP contribution in [0.15, 0.2) is 52.9 Å². The predicted molar refractivity (Wildman–Crippen MR) is 84.7 cm³/mol. The average molecular weight is 282 g/mol. The number of thiazole rings is 1. The molecule has 0 amide bonds. The number of nitrogens with two attached hydrogens (primary N) is 1. The fourth-order valence-corrected chi connectivity index (χ4v) is 3.99. The van der Waals surface area contributed by atoms with Crippen molar-refractivity contribution < 1.29 is 0 Å². The minimum Gasteiger partial charge on any atom is -0.272 e. The zero-order chi connectivity index (χ0) is 12.8. The summed E-state index contributed by atoms with van der Waals surface area (Å²) in [6.07, 6.45) is 0. The van der Waals surface area contributed by atoms with E-state index < -0.39 is 0 Å². The van der Waals surface area contributed by atoms with Gasteiger partial charge in [0, 0.05) is 10.8 Å². The molecule has 2 N–H and O–H groups in total. The largest absolute Gasteiger partial charge is 0.272 e. The third-order valence-electron chi connectivity index (χ3n) is 3.35. The Morgan fingerprint density at radius 2 is 1.42 bits per heavy atom. The van der Waals surface area contributed by atoms with Gasteiger partial charge in [-0.15, -0.1) is 11.3 Å². The second-order valence-electron chi connectivity index (χ2n) is 4.37. The van der Waals surface area contributed by atoms with Crippen LogP contribution in [0.2, 0.25) is 0 Å². The van der Waals surface area contributed by atoms with Gasteiger partial charge >= 0.3 is 0 Å². The summed E-state index contributed by atoms with van der Waals surface area (Å²) in [6, 6.07) is 16.9. The number of nitrogens with zero attached hydrogens (tertiary/aromatic N) is 1. The van der Waals surface area contributed by atoms with Gasteiger partial charge in [0.25, 0.3) is 0 Å². The predicted octanol–water partition coefficient (Wildman–Crippen LogP) is 4.57. The average Bonchev–Trinajstić information content (AvgIpc) is 2.92. The van der Waals surface area contributed by atoms with E-state index in [-0.39, 0.29) is 0 Å². The van der Waals surface area contributed by atoms with Gasteiger partial charge in [-0.05, 0) is 22.7 Å². The molecule has 1 aromatic heterocycles. The molecule has 0 aliphatic rings. The van der Waals surface area contributed by atoms with Crippen molar-refractivity contribution in [3.63, 3.8) is 0 Å². The van der Waals surface area contributed by atoms with Gasteiger partial charge in [0.15, 0.2) is 4.34 Å². The van der Waals surface area contributed by atoms with E-state index in [0.29, 0.717) is 0 Å². The highest BCUT2D eigenvalue weighted by atomic mass is 32.2. The molecule has 0 saturated carbocycles. The second kappa shape index (κ2) is 4.20. The Balaban J connectivity index is 2.37. The van der Waals surface area contributed by atoms with E-state index in [1.165, 1.54) is 38.2 Å². The van der Waals surface area contributed by atoms with E-state index in [0.717, 1.165) is 9.86 Å². The zero-order valence-corrected chi connectivity index (χ0v) is 11.6. The topological polar surface area (TPSA) is 38.9 Å². The summed E-state index contributed by atoms with van der Waals surface area (Å²) >= 11 is 2.89. The molecule has 2 nitrogen and oxygen atoms in total. The highest BCUT2D eigenvalue weighted by molar-refractivity contribution is 7.99. The smallest absolute Gasteiger partial charge is 0.165 e. The van der Waals surface area contributed by atoms with Crippen LogP contribution in [0.25, 0.3) is 31.8 Å². The highest BCUT2D eigenvalue weighted by Crippen LogP contribution is 2.39. The van der Waals surface area contributed by atoms with E-state index in [2.05, 4.69) is 53.5 Å². The molecule has 0 saturated heterocycles. The van der Waals surface area contributed by atoms with Gasteiger partial charge < -0.3 is 0 Å². The van der Waals surface area contributed by atoms with Crippen molar-refractivity contribution in [2.75, 3.05) is 0 Å². The molecule has 4 rings (SSSR count). The quantitative estimate of drug-likeness (QED) is 0.410. The summed E-state index contributed by atoms with van der Waals surface area (Å²) < 4.78 is 2.14. The molecule has 0 radical (unpaired) electrons. The molecule has 1 heterocycles. The Morgan fingerprint density at radius 3 is 2.11 bits per heavy atom. The van der Waals surface area contributed by atoms with Crippen molar-refractivity contribution in [1.82, 2.24) is 4.98 Å². The first-order valence-electron chi connectivity index (χ1n) is 5.95. The van der Waals surface area contributed by atoms with Gasteiger partial charge in [-0.1, -0.05) is 48.5 Å². The maximum Gasteiger partial charge on any atom is 0.165 e. The molecule has 0 aliphatic heterocycles. The zero-order valence-electron chi connectivity index (χ0n) is 9.96. The first-order chi connectivity index (χ1) is 9.38. The molecular formula is C15H10N2S2. The summed E-state index contributed by atoms with van der Waals surface area (Å²) in [6.45, 7) is 0. The van der Waals surface area contributed by atoms with Crippen LogP contribution in [-0.2, 0) is 0 Å². The lowest BCUT2D eigenvalue weighted by Gasteiger charge is -2.05. The molecule has 0 unspecified atom stereocenters. The molecule has 0 aliphatic carbocycles. The minimum absolute atomic E-state index is 0.913. The Hall–Kier alpha value is -1.62. The van der Waals surface area contributed by atoms with Gasteiger partial charge in [0.2, 0.25) is 0 Å². The molecule has 0 bridgehead atoms. The number of hydrogen-bond acceptors (Lipinski definition) is 4. The fraction of sp³-hybridized carbons (Fsp3) is 0. The molecule has 92 valence electrons. The first kappa shape index (κ1) is 11.2.